The van der Waals surface area contributed by atoms with Crippen molar-refractivity contribution in [2.45, 2.75) is 35.6 Å². The van der Waals surface area contributed by atoms with Crippen molar-refractivity contribution < 1.29 is 21.6 Å². The van der Waals surface area contributed by atoms with Gasteiger partial charge >= 0.3 is 0 Å². The molecular weight excluding hydrogens is 438 g/mol. The van der Waals surface area contributed by atoms with Crippen molar-refractivity contribution in [3.8, 4) is 0 Å². The first-order valence-electron chi connectivity index (χ1n) is 10.2. The summed E-state index contributed by atoms with van der Waals surface area (Å²) in [5.74, 6) is -0.499. The highest BCUT2D eigenvalue weighted by Crippen LogP contribution is 2.25. The van der Waals surface area contributed by atoms with Crippen LogP contribution in [0.1, 0.15) is 19.8 Å². The van der Waals surface area contributed by atoms with E-state index in [-0.39, 0.29) is 29.4 Å². The monoisotopic (exact) mass is 465 g/mol. The summed E-state index contributed by atoms with van der Waals surface area (Å²) < 4.78 is 54.9. The molecule has 3 rings (SSSR count). The lowest BCUT2D eigenvalue weighted by molar-refractivity contribution is -0.125. The van der Waals surface area contributed by atoms with Crippen molar-refractivity contribution in [1.82, 2.24) is 13.9 Å². The van der Waals surface area contributed by atoms with Crippen LogP contribution in [0.25, 0.3) is 0 Å². The number of sulfonamides is 2. The number of hydrogen-bond acceptors (Lipinski definition) is 5. The first kappa shape index (κ1) is 23.4. The molecule has 1 heterocycles. The van der Waals surface area contributed by atoms with E-state index in [4.69, 9.17) is 0 Å². The van der Waals surface area contributed by atoms with E-state index in [1.807, 2.05) is 6.92 Å². The minimum absolute atomic E-state index is 0.0397. The number of nitrogens with zero attached hydrogens (tertiary/aromatic N) is 2. The van der Waals surface area contributed by atoms with E-state index in [0.717, 1.165) is 17.1 Å². The van der Waals surface area contributed by atoms with Crippen molar-refractivity contribution in [1.29, 1.82) is 0 Å². The van der Waals surface area contributed by atoms with Gasteiger partial charge in [0.25, 0.3) is 0 Å². The molecule has 168 valence electrons. The van der Waals surface area contributed by atoms with E-state index in [9.17, 15) is 21.6 Å². The number of nitrogens with one attached hydrogen (secondary N) is 1. The predicted octanol–water partition coefficient (Wildman–Crippen LogP) is 1.67. The Morgan fingerprint density at radius 2 is 1.45 bits per heavy atom. The van der Waals surface area contributed by atoms with Gasteiger partial charge in [-0.1, -0.05) is 49.7 Å². The molecule has 0 bridgehead atoms. The lowest BCUT2D eigenvalue weighted by atomic mass is 10.2. The second kappa shape index (κ2) is 9.90. The number of piperazine rings is 1. The first-order valence-corrected chi connectivity index (χ1v) is 13.1. The molecule has 2 aromatic rings. The number of carbonyl (C=O) groups excluding carboxylic acids is 1. The van der Waals surface area contributed by atoms with Crippen LogP contribution < -0.4 is 5.32 Å². The summed E-state index contributed by atoms with van der Waals surface area (Å²) in [5.41, 5.74) is 0. The minimum Gasteiger partial charge on any atom is -0.355 e. The van der Waals surface area contributed by atoms with Gasteiger partial charge in [0.05, 0.1) is 9.79 Å². The summed E-state index contributed by atoms with van der Waals surface area (Å²) in [7, 11) is -7.82. The summed E-state index contributed by atoms with van der Waals surface area (Å²) in [4.78, 5) is 13.1. The van der Waals surface area contributed by atoms with Gasteiger partial charge in [0.2, 0.25) is 26.0 Å². The topological polar surface area (TPSA) is 104 Å². The maximum absolute atomic E-state index is 13.2. The normalized spacial score (nSPS) is 18.5. The fourth-order valence-electron chi connectivity index (χ4n) is 3.44. The Labute approximate surface area is 184 Å². The van der Waals surface area contributed by atoms with E-state index in [1.54, 1.807) is 36.4 Å². The van der Waals surface area contributed by atoms with E-state index in [0.29, 0.717) is 6.54 Å². The van der Waals surface area contributed by atoms with Crippen LogP contribution in [-0.2, 0) is 24.8 Å². The third kappa shape index (κ3) is 5.15. The highest BCUT2D eigenvalue weighted by Gasteiger charge is 2.43. The quantitative estimate of drug-likeness (QED) is 0.597. The van der Waals surface area contributed by atoms with E-state index in [1.165, 1.54) is 28.6 Å². The number of rotatable bonds is 8. The largest absolute Gasteiger partial charge is 0.355 e. The Morgan fingerprint density at radius 1 is 0.903 bits per heavy atom. The van der Waals surface area contributed by atoms with E-state index >= 15 is 0 Å². The van der Waals surface area contributed by atoms with Gasteiger partial charge in [-0.3, -0.25) is 4.79 Å². The van der Waals surface area contributed by atoms with Gasteiger partial charge < -0.3 is 5.32 Å². The van der Waals surface area contributed by atoms with Gasteiger partial charge in [0.1, 0.15) is 6.04 Å². The summed E-state index contributed by atoms with van der Waals surface area (Å²) in [6.45, 7) is 1.97. The van der Waals surface area contributed by atoms with Gasteiger partial charge in [-0.25, -0.2) is 16.8 Å². The van der Waals surface area contributed by atoms with Crippen molar-refractivity contribution in [2.75, 3.05) is 26.2 Å². The molecule has 1 N–H and O–H groups in total. The minimum atomic E-state index is -3.97. The molecule has 1 amide bonds. The molecule has 0 aromatic heterocycles. The van der Waals surface area contributed by atoms with Gasteiger partial charge in [-0.15, -0.1) is 0 Å². The Hall–Kier alpha value is -2.27. The molecule has 0 radical (unpaired) electrons. The molecule has 1 aliphatic rings. The maximum atomic E-state index is 13.2. The van der Waals surface area contributed by atoms with Crippen molar-refractivity contribution >= 4 is 26.0 Å². The van der Waals surface area contributed by atoms with Crippen LogP contribution in [0.3, 0.4) is 0 Å². The van der Waals surface area contributed by atoms with Gasteiger partial charge in [-0.2, -0.15) is 8.61 Å². The average Bonchev–Trinajstić information content (AvgIpc) is 2.80. The second-order valence-corrected chi connectivity index (χ2v) is 11.1. The Balaban J connectivity index is 1.92. The molecular formula is C21H27N3O5S2. The fraction of sp³-hybridized carbons (Fsp3) is 0.381. The molecule has 1 saturated heterocycles. The third-order valence-corrected chi connectivity index (χ3v) is 8.96. The zero-order valence-corrected chi connectivity index (χ0v) is 19.0. The Kier molecular flexibility index (Phi) is 7.47. The van der Waals surface area contributed by atoms with Crippen LogP contribution in [0, 0.1) is 0 Å². The molecule has 1 aliphatic heterocycles. The number of amides is 1. The molecule has 0 saturated carbocycles. The second-order valence-electron chi connectivity index (χ2n) is 7.27. The molecule has 1 atom stereocenters. The lowest BCUT2D eigenvalue weighted by Crippen LogP contribution is -2.61. The van der Waals surface area contributed by atoms with Crippen LogP contribution >= 0.6 is 0 Å². The van der Waals surface area contributed by atoms with Crippen molar-refractivity contribution in [2.24, 2.45) is 0 Å². The zero-order valence-electron chi connectivity index (χ0n) is 17.3. The van der Waals surface area contributed by atoms with Crippen LogP contribution in [0.4, 0.5) is 0 Å². The van der Waals surface area contributed by atoms with Crippen LogP contribution in [0.15, 0.2) is 70.5 Å². The van der Waals surface area contributed by atoms with Gasteiger partial charge in [0.15, 0.2) is 0 Å². The number of hydrogen-bond donors (Lipinski definition) is 1. The molecule has 0 unspecified atom stereocenters. The van der Waals surface area contributed by atoms with Crippen LogP contribution in [0.5, 0.6) is 0 Å². The number of benzene rings is 2. The maximum Gasteiger partial charge on any atom is 0.243 e. The summed E-state index contributed by atoms with van der Waals surface area (Å²) >= 11 is 0. The average molecular weight is 466 g/mol. The fourth-order valence-corrected chi connectivity index (χ4v) is 6.49. The summed E-state index contributed by atoms with van der Waals surface area (Å²) in [5, 5.41) is 2.75. The Morgan fingerprint density at radius 3 is 2.00 bits per heavy atom. The number of carbonyl (C=O) groups is 1. The zero-order chi connectivity index (χ0) is 22.5. The molecule has 31 heavy (non-hydrogen) atoms. The number of unbranched alkanes of at least 4 members (excludes halogenated alkanes) is 1. The molecule has 1 fully saturated rings. The van der Waals surface area contributed by atoms with Crippen LogP contribution in [-0.4, -0.2) is 63.6 Å². The predicted molar refractivity (Wildman–Crippen MR) is 117 cm³/mol. The van der Waals surface area contributed by atoms with Crippen molar-refractivity contribution in [3.63, 3.8) is 0 Å². The first-order chi connectivity index (χ1) is 14.8. The van der Waals surface area contributed by atoms with Crippen LogP contribution in [0.2, 0.25) is 0 Å². The molecule has 10 heteroatoms. The van der Waals surface area contributed by atoms with E-state index in [2.05, 4.69) is 5.32 Å². The molecule has 8 nitrogen and oxygen atoms in total. The summed E-state index contributed by atoms with van der Waals surface area (Å²) in [6, 6.07) is 14.6. The lowest BCUT2D eigenvalue weighted by Gasteiger charge is -2.38. The SMILES string of the molecule is CCCCNC(=O)[C@@H]1CN(S(=O)(=O)c2ccccc2)CCN1S(=O)(=O)c1ccccc1. The highest BCUT2D eigenvalue weighted by atomic mass is 32.2. The highest BCUT2D eigenvalue weighted by molar-refractivity contribution is 7.89. The molecule has 2 aromatic carbocycles. The van der Waals surface area contributed by atoms with Crippen molar-refractivity contribution in [3.05, 3.63) is 60.7 Å². The van der Waals surface area contributed by atoms with E-state index < -0.39 is 32.0 Å². The van der Waals surface area contributed by atoms with Gasteiger partial charge in [-0.05, 0) is 30.7 Å². The molecule has 0 aliphatic carbocycles. The third-order valence-electron chi connectivity index (χ3n) is 5.16. The Bertz CT molecular complexity index is 1090. The molecule has 0 spiro atoms. The smallest absolute Gasteiger partial charge is 0.243 e. The standard InChI is InChI=1S/C21H27N3O5S2/c1-2-3-14-22-21(25)20-17-23(30(26,27)18-10-6-4-7-11-18)15-16-24(20)31(28,29)19-12-8-5-9-13-19/h4-13,20H,2-3,14-17H2,1H3,(H,22,25)/t20-/m0/s1. The van der Waals surface area contributed by atoms with Gasteiger partial charge in [0, 0.05) is 26.2 Å². The summed E-state index contributed by atoms with van der Waals surface area (Å²) in [6.07, 6.45) is 1.61.